The quantitative estimate of drug-likeness (QED) is 0.863. The van der Waals surface area contributed by atoms with Crippen LogP contribution in [0, 0.1) is 5.82 Å². The van der Waals surface area contributed by atoms with Gasteiger partial charge in [0.25, 0.3) is 5.91 Å². The summed E-state index contributed by atoms with van der Waals surface area (Å²) in [6, 6.07) is 9.69. The van der Waals surface area contributed by atoms with Crippen molar-refractivity contribution in [3.8, 4) is 0 Å². The molecule has 0 saturated heterocycles. The lowest BCUT2D eigenvalue weighted by molar-refractivity contribution is -0.684. The summed E-state index contributed by atoms with van der Waals surface area (Å²) in [6.07, 6.45) is 3.67. The highest BCUT2D eigenvalue weighted by atomic mass is 19.1. The fourth-order valence-electron chi connectivity index (χ4n) is 1.79. The molecular weight excluding hydrogens is 257 g/mol. The number of hydrogen-bond donors (Lipinski definition) is 1. The third kappa shape index (κ3) is 3.78. The van der Waals surface area contributed by atoms with Crippen LogP contribution in [-0.2, 0) is 11.3 Å². The van der Waals surface area contributed by atoms with Gasteiger partial charge in [0.05, 0.1) is 0 Å². The van der Waals surface area contributed by atoms with Crippen molar-refractivity contribution in [2.24, 2.45) is 0 Å². The van der Waals surface area contributed by atoms with Gasteiger partial charge in [-0.15, -0.1) is 0 Å². The first-order valence-electron chi connectivity index (χ1n) is 6.26. The van der Waals surface area contributed by atoms with Crippen molar-refractivity contribution in [3.05, 3.63) is 54.6 Å². The van der Waals surface area contributed by atoms with Crippen molar-refractivity contribution in [2.75, 3.05) is 24.3 Å². The second kappa shape index (κ2) is 6.14. The summed E-state index contributed by atoms with van der Waals surface area (Å²) < 4.78 is 14.8. The van der Waals surface area contributed by atoms with Gasteiger partial charge < -0.3 is 10.2 Å². The molecule has 0 aliphatic carbocycles. The van der Waals surface area contributed by atoms with Gasteiger partial charge in [-0.1, -0.05) is 6.07 Å². The Balaban J connectivity index is 1.97. The average molecular weight is 274 g/mol. The zero-order valence-electron chi connectivity index (χ0n) is 11.5. The normalized spacial score (nSPS) is 10.2. The van der Waals surface area contributed by atoms with E-state index in [1.165, 1.54) is 12.1 Å². The molecule has 20 heavy (non-hydrogen) atoms. The van der Waals surface area contributed by atoms with E-state index < -0.39 is 0 Å². The van der Waals surface area contributed by atoms with Crippen LogP contribution >= 0.6 is 0 Å². The van der Waals surface area contributed by atoms with Crippen molar-refractivity contribution in [2.45, 2.75) is 6.54 Å². The van der Waals surface area contributed by atoms with Crippen LogP contribution < -0.4 is 14.8 Å². The number of halogens is 1. The maximum atomic E-state index is 13.0. The van der Waals surface area contributed by atoms with Crippen LogP contribution in [0.3, 0.4) is 0 Å². The predicted octanol–water partition coefficient (Wildman–Crippen LogP) is 1.82. The van der Waals surface area contributed by atoms with Crippen molar-refractivity contribution in [3.63, 3.8) is 0 Å². The fraction of sp³-hybridized carbons (Fsp3) is 0.200. The summed E-state index contributed by atoms with van der Waals surface area (Å²) in [5.74, 6) is -0.566. The summed E-state index contributed by atoms with van der Waals surface area (Å²) >= 11 is 0. The first-order valence-corrected chi connectivity index (χ1v) is 6.26. The minimum atomic E-state index is -0.370. The molecule has 104 valence electrons. The van der Waals surface area contributed by atoms with Gasteiger partial charge in [-0.05, 0) is 18.2 Å². The van der Waals surface area contributed by atoms with E-state index in [1.807, 2.05) is 43.5 Å². The Hall–Kier alpha value is -2.43. The zero-order chi connectivity index (χ0) is 14.5. The number of benzene rings is 1. The van der Waals surface area contributed by atoms with E-state index in [2.05, 4.69) is 5.32 Å². The molecule has 0 aliphatic rings. The van der Waals surface area contributed by atoms with Gasteiger partial charge in [0.15, 0.2) is 12.4 Å². The largest absolute Gasteiger partial charge is 0.377 e. The average Bonchev–Trinajstić information content (AvgIpc) is 2.39. The zero-order valence-corrected chi connectivity index (χ0v) is 11.5. The van der Waals surface area contributed by atoms with Gasteiger partial charge in [-0.2, -0.15) is 4.57 Å². The van der Waals surface area contributed by atoms with Crippen LogP contribution in [0.5, 0.6) is 0 Å². The molecule has 1 N–H and O–H groups in total. The monoisotopic (exact) mass is 274 g/mol. The van der Waals surface area contributed by atoms with E-state index in [1.54, 1.807) is 16.7 Å². The third-order valence-electron chi connectivity index (χ3n) is 2.82. The number of pyridine rings is 1. The van der Waals surface area contributed by atoms with E-state index in [-0.39, 0.29) is 18.3 Å². The highest BCUT2D eigenvalue weighted by Crippen LogP contribution is 2.09. The van der Waals surface area contributed by atoms with Crippen LogP contribution in [0.4, 0.5) is 15.8 Å². The second-order valence-corrected chi connectivity index (χ2v) is 4.68. The number of rotatable bonds is 4. The molecule has 0 spiro atoms. The molecule has 0 atom stereocenters. The minimum Gasteiger partial charge on any atom is -0.377 e. The maximum Gasteiger partial charge on any atom is 0.290 e. The van der Waals surface area contributed by atoms with Crippen molar-refractivity contribution in [1.29, 1.82) is 0 Å². The molecule has 2 aromatic rings. The Bertz CT molecular complexity index is 596. The molecule has 5 heteroatoms. The number of nitrogens with one attached hydrogen (secondary N) is 1. The van der Waals surface area contributed by atoms with E-state index in [9.17, 15) is 9.18 Å². The number of nitrogens with zero attached hydrogens (tertiary/aromatic N) is 2. The van der Waals surface area contributed by atoms with Gasteiger partial charge in [0, 0.05) is 37.6 Å². The Morgan fingerprint density at radius 3 is 2.55 bits per heavy atom. The number of hydrogen-bond acceptors (Lipinski definition) is 2. The molecule has 2 rings (SSSR count). The summed E-state index contributed by atoms with van der Waals surface area (Å²) in [5, 5.41) is 2.66. The Labute approximate surface area is 117 Å². The number of amides is 1. The molecule has 1 aromatic carbocycles. The van der Waals surface area contributed by atoms with Gasteiger partial charge in [0.2, 0.25) is 6.54 Å². The molecule has 1 amide bonds. The van der Waals surface area contributed by atoms with E-state index in [4.69, 9.17) is 0 Å². The van der Waals surface area contributed by atoms with Gasteiger partial charge in [0.1, 0.15) is 5.82 Å². The molecule has 0 saturated carbocycles. The Kier molecular flexibility index (Phi) is 4.30. The van der Waals surface area contributed by atoms with Crippen LogP contribution in [0.15, 0.2) is 48.8 Å². The molecule has 0 radical (unpaired) electrons. The number of carbonyl (C=O) groups excluding carboxylic acids is 1. The SMILES string of the molecule is CN(C)c1cc[n+](CC(=O)Nc2cccc(F)c2)cc1. The van der Waals surface area contributed by atoms with E-state index in [0.717, 1.165) is 5.69 Å². The fourth-order valence-corrected chi connectivity index (χ4v) is 1.79. The van der Waals surface area contributed by atoms with Crippen molar-refractivity contribution in [1.82, 2.24) is 0 Å². The van der Waals surface area contributed by atoms with Gasteiger partial charge in [-0.25, -0.2) is 4.39 Å². The van der Waals surface area contributed by atoms with Crippen LogP contribution in [0.25, 0.3) is 0 Å². The van der Waals surface area contributed by atoms with Crippen molar-refractivity contribution < 1.29 is 13.8 Å². The first kappa shape index (κ1) is 14.0. The molecule has 0 aliphatic heterocycles. The highest BCUT2D eigenvalue weighted by molar-refractivity contribution is 5.89. The molecule has 4 nitrogen and oxygen atoms in total. The summed E-state index contributed by atoms with van der Waals surface area (Å²) in [4.78, 5) is 13.8. The maximum absolute atomic E-state index is 13.0. The number of anilines is 2. The number of aromatic nitrogens is 1. The third-order valence-corrected chi connectivity index (χ3v) is 2.82. The second-order valence-electron chi connectivity index (χ2n) is 4.68. The van der Waals surface area contributed by atoms with E-state index in [0.29, 0.717) is 5.69 Å². The van der Waals surface area contributed by atoms with Gasteiger partial charge >= 0.3 is 0 Å². The molecule has 0 bridgehead atoms. The molecule has 1 heterocycles. The van der Waals surface area contributed by atoms with Crippen molar-refractivity contribution >= 4 is 17.3 Å². The standard InChI is InChI=1S/C15H16FN3O/c1-18(2)14-6-8-19(9-7-14)11-15(20)17-13-5-3-4-12(16)10-13/h3-10H,11H2,1-2H3/p+1. The first-order chi connectivity index (χ1) is 9.54. The lowest BCUT2D eigenvalue weighted by atomic mass is 10.3. The molecular formula is C15H17FN3O+. The summed E-state index contributed by atoms with van der Waals surface area (Å²) in [6.45, 7) is 0.185. The molecule has 1 aromatic heterocycles. The number of carbonyl (C=O) groups is 1. The van der Waals surface area contributed by atoms with Crippen LogP contribution in [0.1, 0.15) is 0 Å². The highest BCUT2D eigenvalue weighted by Gasteiger charge is 2.10. The van der Waals surface area contributed by atoms with E-state index >= 15 is 0 Å². The van der Waals surface area contributed by atoms with Gasteiger partial charge in [-0.3, -0.25) is 4.79 Å². The Morgan fingerprint density at radius 2 is 1.95 bits per heavy atom. The lowest BCUT2D eigenvalue weighted by Gasteiger charge is -2.10. The lowest BCUT2D eigenvalue weighted by Crippen LogP contribution is -2.39. The molecule has 0 fully saturated rings. The molecule has 0 unspecified atom stereocenters. The topological polar surface area (TPSA) is 36.2 Å². The smallest absolute Gasteiger partial charge is 0.290 e. The Morgan fingerprint density at radius 1 is 1.25 bits per heavy atom. The summed E-state index contributed by atoms with van der Waals surface area (Å²) in [7, 11) is 3.91. The predicted molar refractivity (Wildman–Crippen MR) is 76.0 cm³/mol. The summed E-state index contributed by atoms with van der Waals surface area (Å²) in [5.41, 5.74) is 1.52. The van der Waals surface area contributed by atoms with Crippen LogP contribution in [-0.4, -0.2) is 20.0 Å². The van der Waals surface area contributed by atoms with Crippen LogP contribution in [0.2, 0.25) is 0 Å². The minimum absolute atomic E-state index is 0.185.